The van der Waals surface area contributed by atoms with Crippen LogP contribution in [0.15, 0.2) is 59.6 Å². The number of aliphatic imine (C=N–C) groups is 1. The number of hydrogen-bond donors (Lipinski definition) is 0. The van der Waals surface area contributed by atoms with Gasteiger partial charge in [-0.05, 0) is 36.6 Å². The average molecular weight is 392 g/mol. The molecule has 0 aromatic heterocycles. The maximum atomic E-state index is 12.9. The van der Waals surface area contributed by atoms with Crippen molar-refractivity contribution in [2.75, 3.05) is 18.8 Å². The molecule has 3 rings (SSSR count). The van der Waals surface area contributed by atoms with Gasteiger partial charge in [-0.15, -0.1) is 0 Å². The highest BCUT2D eigenvalue weighted by Gasteiger charge is 2.32. The van der Waals surface area contributed by atoms with E-state index >= 15 is 0 Å². The van der Waals surface area contributed by atoms with E-state index in [-0.39, 0.29) is 5.56 Å². The van der Waals surface area contributed by atoms with Crippen LogP contribution in [-0.4, -0.2) is 34.8 Å². The Hall–Kier alpha value is -2.28. The highest BCUT2D eigenvalue weighted by molar-refractivity contribution is 8.13. The van der Waals surface area contributed by atoms with Gasteiger partial charge in [0, 0.05) is 24.4 Å². The van der Waals surface area contributed by atoms with Crippen molar-refractivity contribution in [1.82, 2.24) is 4.90 Å². The van der Waals surface area contributed by atoms with Gasteiger partial charge in [0.25, 0.3) is 5.91 Å². The third-order valence-electron chi connectivity index (χ3n) is 4.16. The first-order valence-corrected chi connectivity index (χ1v) is 9.64. The summed E-state index contributed by atoms with van der Waals surface area (Å²) in [6.45, 7) is 0.991. The molecule has 0 radical (unpaired) electrons. The molecule has 1 aliphatic heterocycles. The molecular weight excluding hydrogens is 373 g/mol. The number of amidine groups is 1. The molecule has 0 saturated carbocycles. The van der Waals surface area contributed by atoms with Gasteiger partial charge in [0.15, 0.2) is 5.17 Å². The smallest absolute Gasteiger partial charge is 0.287 e. The summed E-state index contributed by atoms with van der Waals surface area (Å²) in [6, 6.07) is 14.4. The quantitative estimate of drug-likeness (QED) is 0.743. The SMILES string of the molecule is O=C(c1cccc(C(F)(F)F)c1)N1CCCSC1=NCCc1ccccc1. The highest BCUT2D eigenvalue weighted by Crippen LogP contribution is 2.30. The molecule has 0 aliphatic carbocycles. The fourth-order valence-electron chi connectivity index (χ4n) is 2.79. The number of carbonyl (C=O) groups excluding carboxylic acids is 1. The number of amides is 1. The fraction of sp³-hybridized carbons (Fsp3) is 0.300. The molecule has 1 amide bonds. The third-order valence-corrected chi connectivity index (χ3v) is 5.26. The van der Waals surface area contributed by atoms with E-state index < -0.39 is 17.6 Å². The topological polar surface area (TPSA) is 32.7 Å². The number of hydrogen-bond acceptors (Lipinski definition) is 3. The second-order valence-electron chi connectivity index (χ2n) is 6.14. The molecule has 1 fully saturated rings. The second kappa shape index (κ2) is 8.61. The van der Waals surface area contributed by atoms with E-state index in [0.717, 1.165) is 36.3 Å². The molecule has 3 nitrogen and oxygen atoms in total. The fourth-order valence-corrected chi connectivity index (χ4v) is 3.76. The first-order valence-electron chi connectivity index (χ1n) is 8.65. The van der Waals surface area contributed by atoms with Gasteiger partial charge in [-0.3, -0.25) is 14.7 Å². The molecule has 1 heterocycles. The lowest BCUT2D eigenvalue weighted by Crippen LogP contribution is -2.39. The molecule has 2 aromatic carbocycles. The molecule has 1 aliphatic rings. The highest BCUT2D eigenvalue weighted by atomic mass is 32.2. The maximum Gasteiger partial charge on any atom is 0.416 e. The van der Waals surface area contributed by atoms with Crippen molar-refractivity contribution in [3.05, 3.63) is 71.3 Å². The Labute approximate surface area is 160 Å². The van der Waals surface area contributed by atoms with Crippen LogP contribution in [0.2, 0.25) is 0 Å². The third kappa shape index (κ3) is 5.13. The zero-order valence-corrected chi connectivity index (χ0v) is 15.4. The number of alkyl halides is 3. The summed E-state index contributed by atoms with van der Waals surface area (Å²) < 4.78 is 38.8. The van der Waals surface area contributed by atoms with Crippen molar-refractivity contribution in [1.29, 1.82) is 0 Å². The monoisotopic (exact) mass is 392 g/mol. The predicted molar refractivity (Wildman–Crippen MR) is 102 cm³/mol. The summed E-state index contributed by atoms with van der Waals surface area (Å²) in [7, 11) is 0. The number of benzene rings is 2. The summed E-state index contributed by atoms with van der Waals surface area (Å²) in [5.74, 6) is 0.406. The zero-order chi connectivity index (χ0) is 19.3. The van der Waals surface area contributed by atoms with Crippen molar-refractivity contribution < 1.29 is 18.0 Å². The first kappa shape index (κ1) is 19.5. The number of thioether (sulfide) groups is 1. The molecule has 0 bridgehead atoms. The summed E-state index contributed by atoms with van der Waals surface area (Å²) in [5, 5.41) is 0.583. The summed E-state index contributed by atoms with van der Waals surface area (Å²) in [4.78, 5) is 18.8. The van der Waals surface area contributed by atoms with Crippen LogP contribution in [0.1, 0.15) is 27.9 Å². The van der Waals surface area contributed by atoms with Crippen molar-refractivity contribution in [3.63, 3.8) is 0 Å². The van der Waals surface area contributed by atoms with Gasteiger partial charge >= 0.3 is 6.18 Å². The maximum absolute atomic E-state index is 12.9. The minimum Gasteiger partial charge on any atom is -0.287 e. The number of carbonyl (C=O) groups is 1. The normalized spacial score (nSPS) is 16.6. The lowest BCUT2D eigenvalue weighted by Gasteiger charge is -2.28. The van der Waals surface area contributed by atoms with Crippen molar-refractivity contribution >= 4 is 22.8 Å². The van der Waals surface area contributed by atoms with E-state index in [9.17, 15) is 18.0 Å². The van der Waals surface area contributed by atoms with E-state index in [0.29, 0.717) is 18.3 Å². The van der Waals surface area contributed by atoms with E-state index in [1.807, 2.05) is 30.3 Å². The first-order chi connectivity index (χ1) is 12.9. The number of nitrogens with zero attached hydrogens (tertiary/aromatic N) is 2. The Kier molecular flexibility index (Phi) is 6.21. The number of halogens is 3. The van der Waals surface area contributed by atoms with Crippen LogP contribution in [-0.2, 0) is 12.6 Å². The molecule has 0 N–H and O–H groups in total. The van der Waals surface area contributed by atoms with Crippen molar-refractivity contribution in [2.45, 2.75) is 19.0 Å². The molecule has 0 unspecified atom stereocenters. The standard InChI is InChI=1S/C20H19F3N2OS/c21-20(22,23)17-9-4-8-16(14-17)18(26)25-12-5-13-27-19(25)24-11-10-15-6-2-1-3-7-15/h1-4,6-9,14H,5,10-13H2. The van der Waals surface area contributed by atoms with Crippen LogP contribution in [0.5, 0.6) is 0 Å². The van der Waals surface area contributed by atoms with Crippen LogP contribution < -0.4 is 0 Å². The van der Waals surface area contributed by atoms with Crippen LogP contribution in [0.3, 0.4) is 0 Å². The number of rotatable bonds is 4. The van der Waals surface area contributed by atoms with Crippen LogP contribution >= 0.6 is 11.8 Å². The molecule has 0 atom stereocenters. The van der Waals surface area contributed by atoms with Crippen molar-refractivity contribution in [2.24, 2.45) is 4.99 Å². The second-order valence-corrected chi connectivity index (χ2v) is 7.20. The zero-order valence-electron chi connectivity index (χ0n) is 14.6. The van der Waals surface area contributed by atoms with E-state index in [4.69, 9.17) is 0 Å². The van der Waals surface area contributed by atoms with E-state index in [2.05, 4.69) is 4.99 Å². The Morgan fingerprint density at radius 1 is 1.11 bits per heavy atom. The van der Waals surface area contributed by atoms with Gasteiger partial charge in [-0.2, -0.15) is 13.2 Å². The summed E-state index contributed by atoms with van der Waals surface area (Å²) >= 11 is 1.47. The largest absolute Gasteiger partial charge is 0.416 e. The van der Waals surface area contributed by atoms with Gasteiger partial charge in [0.1, 0.15) is 0 Å². The van der Waals surface area contributed by atoms with Gasteiger partial charge in [0.2, 0.25) is 0 Å². The van der Waals surface area contributed by atoms with Gasteiger partial charge in [-0.25, -0.2) is 0 Å². The predicted octanol–water partition coefficient (Wildman–Crippen LogP) is 4.88. The lowest BCUT2D eigenvalue weighted by molar-refractivity contribution is -0.137. The van der Waals surface area contributed by atoms with Gasteiger partial charge in [-0.1, -0.05) is 48.2 Å². The molecule has 27 heavy (non-hydrogen) atoms. The van der Waals surface area contributed by atoms with Crippen LogP contribution in [0.25, 0.3) is 0 Å². The minimum atomic E-state index is -4.47. The Balaban J connectivity index is 1.74. The molecular formula is C20H19F3N2OS. The summed E-state index contributed by atoms with van der Waals surface area (Å²) in [5.41, 5.74) is 0.363. The molecule has 0 spiro atoms. The Bertz CT molecular complexity index is 821. The van der Waals surface area contributed by atoms with Gasteiger partial charge in [0.05, 0.1) is 5.56 Å². The van der Waals surface area contributed by atoms with Crippen LogP contribution in [0.4, 0.5) is 13.2 Å². The molecule has 2 aromatic rings. The van der Waals surface area contributed by atoms with Crippen LogP contribution in [0, 0.1) is 0 Å². The minimum absolute atomic E-state index is 0.0306. The van der Waals surface area contributed by atoms with E-state index in [1.165, 1.54) is 28.8 Å². The van der Waals surface area contributed by atoms with Crippen molar-refractivity contribution in [3.8, 4) is 0 Å². The lowest BCUT2D eigenvalue weighted by atomic mass is 10.1. The summed E-state index contributed by atoms with van der Waals surface area (Å²) in [6.07, 6.45) is -2.94. The van der Waals surface area contributed by atoms with Gasteiger partial charge < -0.3 is 0 Å². The molecule has 1 saturated heterocycles. The Morgan fingerprint density at radius 3 is 2.63 bits per heavy atom. The molecule has 142 valence electrons. The molecule has 7 heteroatoms. The average Bonchev–Trinajstić information content (AvgIpc) is 2.68. The Morgan fingerprint density at radius 2 is 1.89 bits per heavy atom. The van der Waals surface area contributed by atoms with E-state index in [1.54, 1.807) is 0 Å².